The molecule has 3 aromatic heterocycles. The largest absolute Gasteiger partial charge is 0.462 e. The highest BCUT2D eigenvalue weighted by Crippen LogP contribution is 2.44. The van der Waals surface area contributed by atoms with Gasteiger partial charge in [0.05, 0.1) is 35.7 Å². The topological polar surface area (TPSA) is 137 Å². The lowest BCUT2D eigenvalue weighted by molar-refractivity contribution is 0.0523. The smallest absolute Gasteiger partial charge is 0.349 e. The first-order valence-electron chi connectivity index (χ1n) is 13.6. The lowest BCUT2D eigenvalue weighted by Crippen LogP contribution is -2.06. The summed E-state index contributed by atoms with van der Waals surface area (Å²) in [6.07, 6.45) is 0. The number of carbonyl (C=O) groups is 2. The molecule has 0 spiro atoms. The van der Waals surface area contributed by atoms with E-state index < -0.39 is 11.9 Å². The van der Waals surface area contributed by atoms with Crippen LogP contribution in [0.4, 0.5) is 21.4 Å². The number of benzene rings is 2. The number of para-hydroxylation sites is 2. The van der Waals surface area contributed by atoms with Crippen molar-refractivity contribution in [2.24, 2.45) is 0 Å². The first kappa shape index (κ1) is 30.0. The Bertz CT molecular complexity index is 1770. The summed E-state index contributed by atoms with van der Waals surface area (Å²) >= 11 is 2.19. The summed E-state index contributed by atoms with van der Waals surface area (Å²) < 4.78 is 10.7. The number of rotatable bonds is 10. The zero-order chi connectivity index (χ0) is 31.1. The summed E-state index contributed by atoms with van der Waals surface area (Å²) in [6.45, 7) is 3.70. The highest BCUT2D eigenvalue weighted by Gasteiger charge is 2.29. The van der Waals surface area contributed by atoms with E-state index in [1.165, 1.54) is 0 Å². The Morgan fingerprint density at radius 3 is 1.45 bits per heavy atom. The molecule has 0 aliphatic heterocycles. The van der Waals surface area contributed by atoms with E-state index in [2.05, 4.69) is 22.8 Å². The number of hydrogen-bond acceptors (Lipinski definition) is 11. The Morgan fingerprint density at radius 2 is 1.09 bits per heavy atom. The molecule has 0 aliphatic carbocycles. The lowest BCUT2D eigenvalue weighted by atomic mass is 10.0. The van der Waals surface area contributed by atoms with Gasteiger partial charge in [-0.25, -0.2) is 14.6 Å². The number of hydrogen-bond donors (Lipinski definition) is 2. The van der Waals surface area contributed by atoms with Crippen molar-refractivity contribution >= 4 is 56.0 Å². The molecule has 2 N–H and O–H groups in total. The second-order valence-electron chi connectivity index (χ2n) is 9.08. The van der Waals surface area contributed by atoms with Crippen molar-refractivity contribution in [1.82, 2.24) is 4.98 Å². The Balaban J connectivity index is 1.68. The Labute approximate surface area is 262 Å². The molecule has 218 valence electrons. The zero-order valence-corrected chi connectivity index (χ0v) is 25.3. The van der Waals surface area contributed by atoms with Crippen LogP contribution in [-0.2, 0) is 9.47 Å². The Morgan fingerprint density at radius 1 is 0.682 bits per heavy atom. The molecule has 0 atom stereocenters. The number of esters is 2. The molecule has 0 amide bonds. The van der Waals surface area contributed by atoms with Crippen molar-refractivity contribution in [3.63, 3.8) is 0 Å². The normalized spacial score (nSPS) is 10.4. The third kappa shape index (κ3) is 6.15. The van der Waals surface area contributed by atoms with Crippen LogP contribution in [-0.4, -0.2) is 30.1 Å². The molecule has 0 saturated carbocycles. The van der Waals surface area contributed by atoms with Gasteiger partial charge in [-0.2, -0.15) is 10.5 Å². The molecule has 5 rings (SSSR count). The fraction of sp³-hybridized carbons (Fsp3) is 0.121. The van der Waals surface area contributed by atoms with Gasteiger partial charge in [0.25, 0.3) is 0 Å². The minimum Gasteiger partial charge on any atom is -0.462 e. The summed E-state index contributed by atoms with van der Waals surface area (Å²) in [7, 11) is 0. The SMILES string of the molecule is CCOC(=O)c1sc(Nc2ccccc2)c(C#N)c1-c1cccc(-c2c(C(=O)OCC)sc(Nc3ccccc3)c2C#N)n1. The summed E-state index contributed by atoms with van der Waals surface area (Å²) in [5, 5.41) is 27.9. The first-order chi connectivity index (χ1) is 21.5. The molecule has 3 heterocycles. The van der Waals surface area contributed by atoms with E-state index in [-0.39, 0.29) is 34.1 Å². The highest BCUT2D eigenvalue weighted by molar-refractivity contribution is 7.19. The van der Waals surface area contributed by atoms with Crippen LogP contribution in [0.2, 0.25) is 0 Å². The van der Waals surface area contributed by atoms with Gasteiger partial charge in [0.2, 0.25) is 0 Å². The van der Waals surface area contributed by atoms with Crippen LogP contribution in [0.25, 0.3) is 22.5 Å². The summed E-state index contributed by atoms with van der Waals surface area (Å²) in [5.41, 5.74) is 3.12. The second kappa shape index (κ2) is 13.7. The lowest BCUT2D eigenvalue weighted by Gasteiger charge is -2.09. The van der Waals surface area contributed by atoms with Crippen molar-refractivity contribution in [1.29, 1.82) is 10.5 Å². The van der Waals surface area contributed by atoms with Crippen LogP contribution in [0.3, 0.4) is 0 Å². The molecular weight excluding hydrogens is 595 g/mol. The van der Waals surface area contributed by atoms with Crippen molar-refractivity contribution in [3.8, 4) is 34.7 Å². The van der Waals surface area contributed by atoms with Gasteiger partial charge in [-0.05, 0) is 50.2 Å². The van der Waals surface area contributed by atoms with Crippen molar-refractivity contribution in [2.75, 3.05) is 23.8 Å². The quantitative estimate of drug-likeness (QED) is 0.148. The number of anilines is 4. The Kier molecular flexibility index (Phi) is 9.31. The molecule has 11 heteroatoms. The van der Waals surface area contributed by atoms with E-state index in [0.29, 0.717) is 32.5 Å². The van der Waals surface area contributed by atoms with Crippen LogP contribution < -0.4 is 10.6 Å². The molecule has 0 radical (unpaired) electrons. The summed E-state index contributed by atoms with van der Waals surface area (Å²) in [4.78, 5) is 31.5. The van der Waals surface area contributed by atoms with Crippen LogP contribution in [0.1, 0.15) is 44.3 Å². The Hall–Kier alpha value is -5.49. The number of thiophene rings is 2. The van der Waals surface area contributed by atoms with Gasteiger partial charge in [0.1, 0.15) is 31.9 Å². The van der Waals surface area contributed by atoms with Crippen LogP contribution in [0, 0.1) is 22.7 Å². The van der Waals surface area contributed by atoms with Gasteiger partial charge in [0, 0.05) is 22.5 Å². The number of nitrogens with zero attached hydrogens (tertiary/aromatic N) is 3. The zero-order valence-electron chi connectivity index (χ0n) is 23.7. The number of ether oxygens (including phenoxy) is 2. The average Bonchev–Trinajstić information content (AvgIpc) is 3.60. The molecule has 0 unspecified atom stereocenters. The van der Waals surface area contributed by atoms with Crippen molar-refractivity contribution in [3.05, 3.63) is 99.7 Å². The number of carbonyl (C=O) groups excluding carboxylic acids is 2. The number of nitriles is 2. The maximum atomic E-state index is 13.1. The maximum Gasteiger partial charge on any atom is 0.349 e. The third-order valence-electron chi connectivity index (χ3n) is 6.29. The average molecular weight is 620 g/mol. The molecule has 9 nitrogen and oxygen atoms in total. The predicted molar refractivity (Wildman–Crippen MR) is 172 cm³/mol. The molecular formula is C33H25N5O4S2. The number of aromatic nitrogens is 1. The second-order valence-corrected chi connectivity index (χ2v) is 11.1. The monoisotopic (exact) mass is 619 g/mol. The fourth-order valence-corrected chi connectivity index (χ4v) is 6.59. The van der Waals surface area contributed by atoms with E-state index in [9.17, 15) is 20.1 Å². The van der Waals surface area contributed by atoms with Crippen molar-refractivity contribution < 1.29 is 19.1 Å². The standard InChI is InChI=1S/C33H25N5O4S2/c1-3-41-32(39)28-26(22(18-34)30(43-28)36-20-12-7-5-8-13-20)24-16-11-17-25(38-24)27-23(19-35)31(37-21-14-9-6-10-15-21)44-29(27)33(40)42-4-2/h5-17,36-37H,3-4H2,1-2H3. The first-order valence-corrected chi connectivity index (χ1v) is 15.2. The van der Waals surface area contributed by atoms with Gasteiger partial charge >= 0.3 is 11.9 Å². The summed E-state index contributed by atoms with van der Waals surface area (Å²) in [6, 6.07) is 28.1. The van der Waals surface area contributed by atoms with Crippen LogP contribution in [0.15, 0.2) is 78.9 Å². The molecule has 0 fully saturated rings. The van der Waals surface area contributed by atoms with Gasteiger partial charge in [-0.1, -0.05) is 42.5 Å². The van der Waals surface area contributed by atoms with E-state index in [4.69, 9.17) is 14.5 Å². The predicted octanol–water partition coefficient (Wildman–Crippen LogP) is 8.12. The van der Waals surface area contributed by atoms with Gasteiger partial charge < -0.3 is 20.1 Å². The molecule has 0 saturated heterocycles. The molecule has 44 heavy (non-hydrogen) atoms. The summed E-state index contributed by atoms with van der Waals surface area (Å²) in [5.74, 6) is -1.18. The minimum atomic E-state index is -0.591. The fourth-order valence-electron chi connectivity index (χ4n) is 4.44. The van der Waals surface area contributed by atoms with Gasteiger partial charge in [-0.15, -0.1) is 22.7 Å². The number of nitrogens with one attached hydrogen (secondary N) is 2. The van der Waals surface area contributed by atoms with Crippen LogP contribution in [0.5, 0.6) is 0 Å². The number of pyridine rings is 1. The van der Waals surface area contributed by atoms with Crippen LogP contribution >= 0.6 is 22.7 Å². The molecule has 0 aliphatic rings. The third-order valence-corrected chi connectivity index (χ3v) is 8.46. The van der Waals surface area contributed by atoms with E-state index in [0.717, 1.165) is 34.0 Å². The van der Waals surface area contributed by atoms with Gasteiger partial charge in [0.15, 0.2) is 0 Å². The van der Waals surface area contributed by atoms with Gasteiger partial charge in [-0.3, -0.25) is 0 Å². The highest BCUT2D eigenvalue weighted by atomic mass is 32.1. The molecule has 5 aromatic rings. The van der Waals surface area contributed by atoms with Crippen molar-refractivity contribution in [2.45, 2.75) is 13.8 Å². The van der Waals surface area contributed by atoms with E-state index >= 15 is 0 Å². The van der Waals surface area contributed by atoms with E-state index in [1.54, 1.807) is 32.0 Å². The molecule has 0 bridgehead atoms. The minimum absolute atomic E-state index is 0.146. The molecule has 2 aromatic carbocycles. The maximum absolute atomic E-state index is 13.1. The van der Waals surface area contributed by atoms with E-state index in [1.807, 2.05) is 60.7 Å².